The third-order valence-corrected chi connectivity index (χ3v) is 4.28. The van der Waals surface area contributed by atoms with E-state index in [2.05, 4.69) is 5.32 Å². The minimum Gasteiger partial charge on any atom is -0.486 e. The first-order valence-electron chi connectivity index (χ1n) is 8.22. The minimum atomic E-state index is -0.558. The zero-order chi connectivity index (χ0) is 18.3. The molecule has 0 aromatic heterocycles. The highest BCUT2D eigenvalue weighted by Crippen LogP contribution is 2.26. The molecule has 3 nitrogen and oxygen atoms in total. The Kier molecular flexibility index (Phi) is 8.63. The number of hydrogen-bond donors (Lipinski definition) is 1. The van der Waals surface area contributed by atoms with Crippen molar-refractivity contribution in [1.29, 1.82) is 0 Å². The Morgan fingerprint density at radius 2 is 1.96 bits per heavy atom. The fourth-order valence-electron chi connectivity index (χ4n) is 2.19. The van der Waals surface area contributed by atoms with E-state index in [1.807, 2.05) is 27.7 Å². The zero-order valence-corrected chi connectivity index (χ0v) is 16.2. The Morgan fingerprint density at radius 3 is 2.50 bits per heavy atom. The highest BCUT2D eigenvalue weighted by molar-refractivity contribution is 7.80. The molecule has 0 saturated carbocycles. The fraction of sp³-hybridized carbons (Fsp3) is 0.556. The molecule has 1 aromatic rings. The van der Waals surface area contributed by atoms with Gasteiger partial charge in [-0.05, 0) is 48.7 Å². The molecule has 0 bridgehead atoms. The van der Waals surface area contributed by atoms with Gasteiger partial charge in [-0.2, -0.15) is 0 Å². The van der Waals surface area contributed by atoms with Crippen LogP contribution in [0.15, 0.2) is 12.1 Å². The molecule has 1 N–H and O–H groups in total. The summed E-state index contributed by atoms with van der Waals surface area (Å²) in [4.78, 5) is 12.2. The van der Waals surface area contributed by atoms with Gasteiger partial charge in [-0.3, -0.25) is 4.79 Å². The summed E-state index contributed by atoms with van der Waals surface area (Å²) in [5.74, 6) is -0.525. The maximum Gasteiger partial charge on any atom is 0.227 e. The van der Waals surface area contributed by atoms with Crippen LogP contribution in [0.1, 0.15) is 46.1 Å². The van der Waals surface area contributed by atoms with Gasteiger partial charge < -0.3 is 10.1 Å². The van der Waals surface area contributed by atoms with Crippen LogP contribution in [0.2, 0.25) is 5.02 Å². The Hall–Kier alpha value is -1.20. The van der Waals surface area contributed by atoms with Gasteiger partial charge in [0.15, 0.2) is 5.05 Å². The molecule has 1 rings (SSSR count). The quantitative estimate of drug-likeness (QED) is 0.620. The molecule has 0 unspecified atom stereocenters. The van der Waals surface area contributed by atoms with Crippen molar-refractivity contribution < 1.29 is 13.9 Å². The van der Waals surface area contributed by atoms with E-state index < -0.39 is 5.82 Å². The first-order chi connectivity index (χ1) is 11.3. The lowest BCUT2D eigenvalue weighted by molar-refractivity contribution is -0.120. The predicted molar refractivity (Wildman–Crippen MR) is 101 cm³/mol. The highest BCUT2D eigenvalue weighted by atomic mass is 35.5. The number of rotatable bonds is 8. The number of thiocarbonyl (C=S) groups is 1. The molecule has 0 saturated heterocycles. The first kappa shape index (κ1) is 20.8. The van der Waals surface area contributed by atoms with Crippen LogP contribution in [0, 0.1) is 17.7 Å². The summed E-state index contributed by atoms with van der Waals surface area (Å²) in [6.07, 6.45) is 1.71. The molecule has 1 amide bonds. The number of ether oxygens (including phenoxy) is 1. The molecule has 6 heteroatoms. The van der Waals surface area contributed by atoms with Crippen LogP contribution in [0.5, 0.6) is 0 Å². The minimum absolute atomic E-state index is 0.123. The van der Waals surface area contributed by atoms with Crippen molar-refractivity contribution in [2.45, 2.75) is 47.0 Å². The molecular formula is C18H25ClFNO2S. The third-order valence-electron chi connectivity index (χ3n) is 3.66. The van der Waals surface area contributed by atoms with Crippen molar-refractivity contribution in [3.05, 3.63) is 28.5 Å². The monoisotopic (exact) mass is 373 g/mol. The summed E-state index contributed by atoms with van der Waals surface area (Å²) in [7, 11) is 0. The largest absolute Gasteiger partial charge is 0.486 e. The van der Waals surface area contributed by atoms with E-state index in [0.717, 1.165) is 0 Å². The second kappa shape index (κ2) is 9.94. The maximum absolute atomic E-state index is 14.1. The van der Waals surface area contributed by atoms with E-state index in [1.165, 1.54) is 12.1 Å². The van der Waals surface area contributed by atoms with Gasteiger partial charge in [0.05, 0.1) is 12.3 Å². The number of nitrogens with one attached hydrogen (secondary N) is 1. The molecule has 0 heterocycles. The van der Waals surface area contributed by atoms with Gasteiger partial charge in [-0.1, -0.05) is 39.3 Å². The number of carbonyl (C=O) groups is 1. The number of amides is 1. The number of hydrogen-bond acceptors (Lipinski definition) is 3. The summed E-state index contributed by atoms with van der Waals surface area (Å²) in [5, 5.41) is 3.31. The van der Waals surface area contributed by atoms with Gasteiger partial charge >= 0.3 is 0 Å². The van der Waals surface area contributed by atoms with Gasteiger partial charge in [0.1, 0.15) is 5.82 Å². The average Bonchev–Trinajstić information content (AvgIpc) is 2.51. The van der Waals surface area contributed by atoms with Crippen LogP contribution in [0.25, 0.3) is 0 Å². The van der Waals surface area contributed by atoms with E-state index in [9.17, 15) is 9.18 Å². The Labute approximate surface area is 153 Å². The number of carbonyl (C=O) groups excluding carboxylic acids is 1. The maximum atomic E-state index is 14.1. The molecule has 0 aliphatic carbocycles. The molecule has 0 aliphatic heterocycles. The number of halogens is 2. The van der Waals surface area contributed by atoms with Gasteiger partial charge in [0.25, 0.3) is 0 Å². The zero-order valence-electron chi connectivity index (χ0n) is 14.6. The van der Waals surface area contributed by atoms with E-state index in [0.29, 0.717) is 42.4 Å². The standard InChI is InChI=1S/C18H25ClFNO2S/c1-5-12(6-2)18(22)21-16-7-13(14(19)9-15(16)20)8-17(24)23-10-11(3)4/h7,9,11-12H,5-6,8,10H2,1-4H3,(H,21,22). The Morgan fingerprint density at radius 1 is 1.33 bits per heavy atom. The third kappa shape index (κ3) is 6.36. The lowest BCUT2D eigenvalue weighted by Crippen LogP contribution is -2.22. The molecule has 0 radical (unpaired) electrons. The van der Waals surface area contributed by atoms with E-state index >= 15 is 0 Å². The second-order valence-corrected chi connectivity index (χ2v) is 7.04. The molecule has 0 fully saturated rings. The molecule has 24 heavy (non-hydrogen) atoms. The van der Waals surface area contributed by atoms with Crippen molar-refractivity contribution in [3.8, 4) is 0 Å². The highest BCUT2D eigenvalue weighted by Gasteiger charge is 2.18. The van der Waals surface area contributed by atoms with Crippen LogP contribution < -0.4 is 5.32 Å². The predicted octanol–water partition coefficient (Wildman–Crippen LogP) is 5.40. The van der Waals surface area contributed by atoms with Gasteiger partial charge in [-0.25, -0.2) is 4.39 Å². The van der Waals surface area contributed by atoms with Crippen LogP contribution in [-0.2, 0) is 16.0 Å². The van der Waals surface area contributed by atoms with Crippen molar-refractivity contribution >= 4 is 40.5 Å². The SMILES string of the molecule is CCC(CC)C(=O)Nc1cc(CC(=S)OCC(C)C)c(Cl)cc1F. The van der Waals surface area contributed by atoms with Crippen LogP contribution in [0.3, 0.4) is 0 Å². The van der Waals surface area contributed by atoms with Gasteiger partial charge in [-0.15, -0.1) is 0 Å². The van der Waals surface area contributed by atoms with Crippen molar-refractivity contribution in [3.63, 3.8) is 0 Å². The summed E-state index contributed by atoms with van der Waals surface area (Å²) in [6, 6.07) is 2.73. The van der Waals surface area contributed by atoms with Crippen molar-refractivity contribution in [2.24, 2.45) is 11.8 Å². The molecule has 1 aromatic carbocycles. The van der Waals surface area contributed by atoms with E-state index in [4.69, 9.17) is 28.6 Å². The fourth-order valence-corrected chi connectivity index (χ4v) is 2.63. The molecule has 134 valence electrons. The van der Waals surface area contributed by atoms with Gasteiger partial charge in [0, 0.05) is 17.4 Å². The van der Waals surface area contributed by atoms with Crippen LogP contribution >= 0.6 is 23.8 Å². The van der Waals surface area contributed by atoms with Crippen LogP contribution in [0.4, 0.5) is 10.1 Å². The molecule has 0 atom stereocenters. The van der Waals surface area contributed by atoms with E-state index in [1.54, 1.807) is 0 Å². The first-order valence-corrected chi connectivity index (χ1v) is 9.01. The summed E-state index contributed by atoms with van der Waals surface area (Å²) in [6.45, 7) is 8.44. The smallest absolute Gasteiger partial charge is 0.227 e. The lowest BCUT2D eigenvalue weighted by Gasteiger charge is -2.15. The summed E-state index contributed by atoms with van der Waals surface area (Å²) in [5.41, 5.74) is 0.754. The molecule has 0 aliphatic rings. The molecular weight excluding hydrogens is 349 g/mol. The molecule has 0 spiro atoms. The summed E-state index contributed by atoms with van der Waals surface area (Å²) >= 11 is 11.3. The normalized spacial score (nSPS) is 11.0. The lowest BCUT2D eigenvalue weighted by atomic mass is 10.0. The van der Waals surface area contributed by atoms with Crippen LogP contribution in [-0.4, -0.2) is 17.6 Å². The summed E-state index contributed by atoms with van der Waals surface area (Å²) < 4.78 is 19.6. The van der Waals surface area contributed by atoms with Crippen molar-refractivity contribution in [1.82, 2.24) is 0 Å². The number of benzene rings is 1. The Bertz CT molecular complexity index is 589. The topological polar surface area (TPSA) is 38.3 Å². The number of anilines is 1. The Balaban J connectivity index is 2.88. The second-order valence-electron chi connectivity index (χ2n) is 6.18. The van der Waals surface area contributed by atoms with Gasteiger partial charge in [0.2, 0.25) is 5.91 Å². The van der Waals surface area contributed by atoms with Crippen molar-refractivity contribution in [2.75, 3.05) is 11.9 Å². The van der Waals surface area contributed by atoms with E-state index in [-0.39, 0.29) is 22.5 Å². The average molecular weight is 374 g/mol.